The second-order valence-corrected chi connectivity index (χ2v) is 6.51. The maximum Gasteiger partial charge on any atom is 0.337 e. The van der Waals surface area contributed by atoms with Crippen molar-refractivity contribution in [2.24, 2.45) is 0 Å². The van der Waals surface area contributed by atoms with E-state index in [1.54, 1.807) is 31.4 Å². The van der Waals surface area contributed by atoms with Gasteiger partial charge in [0.05, 0.1) is 19.8 Å². The highest BCUT2D eigenvalue weighted by Gasteiger charge is 2.10. The summed E-state index contributed by atoms with van der Waals surface area (Å²) in [6.45, 7) is 0.766. The minimum atomic E-state index is -0.441. The fraction of sp³-hybridized carbons (Fsp3) is 0.167. The summed E-state index contributed by atoms with van der Waals surface area (Å²) in [4.78, 5) is 23.8. The molecule has 3 rings (SSSR count). The van der Waals surface area contributed by atoms with Crippen molar-refractivity contribution in [1.29, 1.82) is 0 Å². The molecule has 0 unspecified atom stereocenters. The molecule has 30 heavy (non-hydrogen) atoms. The van der Waals surface area contributed by atoms with E-state index in [0.29, 0.717) is 35.8 Å². The highest BCUT2D eigenvalue weighted by molar-refractivity contribution is 5.96. The van der Waals surface area contributed by atoms with Gasteiger partial charge < -0.3 is 19.5 Å². The molecule has 0 aliphatic rings. The molecule has 1 amide bonds. The van der Waals surface area contributed by atoms with Gasteiger partial charge in [-0.3, -0.25) is 4.79 Å². The van der Waals surface area contributed by atoms with E-state index in [4.69, 9.17) is 9.47 Å². The van der Waals surface area contributed by atoms with Crippen molar-refractivity contribution in [1.82, 2.24) is 5.32 Å². The lowest BCUT2D eigenvalue weighted by Crippen LogP contribution is -2.22. The molecule has 0 heterocycles. The second kappa shape index (κ2) is 10.1. The molecule has 0 saturated carbocycles. The van der Waals surface area contributed by atoms with Gasteiger partial charge >= 0.3 is 5.97 Å². The van der Waals surface area contributed by atoms with Gasteiger partial charge in [0.25, 0.3) is 5.91 Å². The zero-order valence-electron chi connectivity index (χ0n) is 16.9. The fourth-order valence-electron chi connectivity index (χ4n) is 2.84. The average Bonchev–Trinajstić information content (AvgIpc) is 2.81. The Hall–Kier alpha value is -3.80. The quantitative estimate of drug-likeness (QED) is 0.574. The number of nitrogens with one attached hydrogen (secondary N) is 1. The Bertz CT molecular complexity index is 1000. The molecule has 0 fully saturated rings. The Morgan fingerprint density at radius 3 is 2.17 bits per heavy atom. The number of carbonyl (C=O) groups is 2. The Morgan fingerprint density at radius 2 is 1.50 bits per heavy atom. The largest absolute Gasteiger partial charge is 0.493 e. The third kappa shape index (κ3) is 5.38. The van der Waals surface area contributed by atoms with Gasteiger partial charge in [-0.05, 0) is 47.5 Å². The fourth-order valence-corrected chi connectivity index (χ4v) is 2.84. The number of amides is 1. The van der Waals surface area contributed by atoms with Gasteiger partial charge in [-0.15, -0.1) is 0 Å². The van der Waals surface area contributed by atoms with Gasteiger partial charge in [-0.1, -0.05) is 36.4 Å². The number of esters is 1. The Morgan fingerprint density at radius 1 is 0.800 bits per heavy atom. The van der Waals surface area contributed by atoms with Crippen LogP contribution in [0.4, 0.5) is 0 Å². The molecule has 154 valence electrons. The molecule has 0 spiro atoms. The van der Waals surface area contributed by atoms with Crippen molar-refractivity contribution >= 4 is 11.9 Å². The van der Waals surface area contributed by atoms with E-state index in [1.165, 1.54) is 7.11 Å². The smallest absolute Gasteiger partial charge is 0.337 e. The molecular formula is C24H23NO5. The van der Waals surface area contributed by atoms with Crippen molar-refractivity contribution in [2.45, 2.75) is 13.2 Å². The van der Waals surface area contributed by atoms with Crippen LogP contribution in [0.1, 0.15) is 31.8 Å². The van der Waals surface area contributed by atoms with Crippen LogP contribution in [0.25, 0.3) is 0 Å². The van der Waals surface area contributed by atoms with Gasteiger partial charge in [0.2, 0.25) is 0 Å². The number of hydrogen-bond donors (Lipinski definition) is 1. The molecule has 6 nitrogen and oxygen atoms in total. The lowest BCUT2D eigenvalue weighted by molar-refractivity contribution is 0.0600. The lowest BCUT2D eigenvalue weighted by Gasteiger charge is -2.13. The molecule has 3 aromatic rings. The monoisotopic (exact) mass is 405 g/mol. The summed E-state index contributed by atoms with van der Waals surface area (Å²) in [7, 11) is 2.89. The molecule has 0 saturated heterocycles. The van der Waals surface area contributed by atoms with Crippen molar-refractivity contribution in [3.63, 3.8) is 0 Å². The topological polar surface area (TPSA) is 73.9 Å². The maximum atomic E-state index is 12.4. The van der Waals surface area contributed by atoms with Crippen LogP contribution in [0.3, 0.4) is 0 Å². The summed E-state index contributed by atoms with van der Waals surface area (Å²) >= 11 is 0. The maximum absolute atomic E-state index is 12.4. The summed E-state index contributed by atoms with van der Waals surface area (Å²) in [6, 6.07) is 21.7. The van der Waals surface area contributed by atoms with Gasteiger partial charge in [-0.25, -0.2) is 4.79 Å². The molecule has 0 atom stereocenters. The number of benzene rings is 3. The third-order valence-corrected chi connectivity index (χ3v) is 4.49. The zero-order valence-corrected chi connectivity index (χ0v) is 16.9. The summed E-state index contributed by atoms with van der Waals surface area (Å²) in [6.07, 6.45) is 0. The van der Waals surface area contributed by atoms with Crippen molar-refractivity contribution in [3.8, 4) is 11.5 Å². The Labute approximate surface area is 175 Å². The van der Waals surface area contributed by atoms with E-state index >= 15 is 0 Å². The number of rotatable bonds is 8. The summed E-state index contributed by atoms with van der Waals surface area (Å²) < 4.78 is 15.9. The first-order valence-corrected chi connectivity index (χ1v) is 9.41. The Kier molecular flexibility index (Phi) is 7.05. The lowest BCUT2D eigenvalue weighted by atomic mass is 10.1. The second-order valence-electron chi connectivity index (χ2n) is 6.51. The molecule has 3 aromatic carbocycles. The van der Waals surface area contributed by atoms with E-state index in [9.17, 15) is 9.59 Å². The number of methoxy groups -OCH3 is 2. The predicted octanol–water partition coefficient (Wildman–Crippen LogP) is 3.99. The van der Waals surface area contributed by atoms with Crippen molar-refractivity contribution < 1.29 is 23.8 Å². The number of hydrogen-bond acceptors (Lipinski definition) is 5. The highest BCUT2D eigenvalue weighted by Crippen LogP contribution is 2.29. The van der Waals surface area contributed by atoms with Gasteiger partial charge in [0.1, 0.15) is 6.61 Å². The first kappa shape index (κ1) is 20.9. The molecule has 1 N–H and O–H groups in total. The number of carbonyl (C=O) groups excluding carboxylic acids is 2. The number of ether oxygens (including phenoxy) is 3. The summed E-state index contributed by atoms with van der Waals surface area (Å²) in [5.41, 5.74) is 2.79. The van der Waals surface area contributed by atoms with Crippen LogP contribution >= 0.6 is 0 Å². The molecule has 0 aliphatic heterocycles. The van der Waals surface area contributed by atoms with Crippen molar-refractivity contribution in [3.05, 3.63) is 95.1 Å². The van der Waals surface area contributed by atoms with Crippen LogP contribution in [0.15, 0.2) is 72.8 Å². The van der Waals surface area contributed by atoms with Crippen LogP contribution in [0.5, 0.6) is 11.5 Å². The minimum absolute atomic E-state index is 0.241. The Balaban J connectivity index is 1.59. The standard InChI is InChI=1S/C24H23NO5/c1-28-22-14-18(8-13-21(22)30-16-17-6-4-3-5-7-17)15-25-23(26)19-9-11-20(12-10-19)24(27)29-2/h3-14H,15-16H2,1-2H3,(H,25,26). The normalized spacial score (nSPS) is 10.2. The SMILES string of the molecule is COC(=O)c1ccc(C(=O)NCc2ccc(OCc3ccccc3)c(OC)c2)cc1. The van der Waals surface area contributed by atoms with Gasteiger partial charge in [0.15, 0.2) is 11.5 Å². The summed E-state index contributed by atoms with van der Waals surface area (Å²) in [5.74, 6) is 0.549. The molecular weight excluding hydrogens is 382 g/mol. The minimum Gasteiger partial charge on any atom is -0.493 e. The van der Waals surface area contributed by atoms with E-state index in [2.05, 4.69) is 10.1 Å². The highest BCUT2D eigenvalue weighted by atomic mass is 16.5. The van der Waals surface area contributed by atoms with Gasteiger partial charge in [0, 0.05) is 12.1 Å². The summed E-state index contributed by atoms with van der Waals surface area (Å²) in [5, 5.41) is 2.86. The van der Waals surface area contributed by atoms with Crippen LogP contribution in [-0.2, 0) is 17.9 Å². The average molecular weight is 405 g/mol. The molecule has 0 bridgehead atoms. The van der Waals surface area contributed by atoms with Crippen LogP contribution in [0, 0.1) is 0 Å². The molecule has 0 aromatic heterocycles. The molecule has 0 radical (unpaired) electrons. The van der Waals surface area contributed by atoms with E-state index in [-0.39, 0.29) is 5.91 Å². The molecule has 6 heteroatoms. The van der Waals surface area contributed by atoms with Crippen LogP contribution in [-0.4, -0.2) is 26.1 Å². The zero-order chi connectivity index (χ0) is 21.3. The third-order valence-electron chi connectivity index (χ3n) is 4.49. The van der Waals surface area contributed by atoms with E-state index < -0.39 is 5.97 Å². The molecule has 0 aliphatic carbocycles. The first-order valence-electron chi connectivity index (χ1n) is 9.41. The van der Waals surface area contributed by atoms with Crippen LogP contribution in [0.2, 0.25) is 0 Å². The van der Waals surface area contributed by atoms with E-state index in [0.717, 1.165) is 11.1 Å². The predicted molar refractivity (Wildman–Crippen MR) is 113 cm³/mol. The van der Waals surface area contributed by atoms with Crippen molar-refractivity contribution in [2.75, 3.05) is 14.2 Å². The van der Waals surface area contributed by atoms with Gasteiger partial charge in [-0.2, -0.15) is 0 Å². The first-order chi connectivity index (χ1) is 14.6. The van der Waals surface area contributed by atoms with E-state index in [1.807, 2.05) is 48.5 Å². The van der Waals surface area contributed by atoms with Crippen LogP contribution < -0.4 is 14.8 Å².